The van der Waals surface area contributed by atoms with Crippen molar-refractivity contribution in [3.8, 4) is 22.3 Å². The summed E-state index contributed by atoms with van der Waals surface area (Å²) in [5, 5.41) is 0. The van der Waals surface area contributed by atoms with Gasteiger partial charge in [-0.25, -0.2) is 19.9 Å². The van der Waals surface area contributed by atoms with Crippen LogP contribution in [0, 0.1) is 0 Å². The van der Waals surface area contributed by atoms with Gasteiger partial charge in [0.2, 0.25) is 0 Å². The van der Waals surface area contributed by atoms with Gasteiger partial charge < -0.3 is 19.9 Å². The third-order valence-corrected chi connectivity index (χ3v) is 19.7. The van der Waals surface area contributed by atoms with Crippen molar-refractivity contribution in [1.82, 2.24) is 39.9 Å². The molecule has 1 aromatic carbocycles. The number of hydrogen-bond donors (Lipinski definition) is 4. The van der Waals surface area contributed by atoms with E-state index in [9.17, 15) is 0 Å². The molecule has 446 valence electrons. The molecule has 16 bridgehead atoms. The third-order valence-electron chi connectivity index (χ3n) is 19.7. The molecule has 4 aliphatic rings. The molecule has 0 spiro atoms. The SMILES string of the molecule is CCC1=C(CC)c2cc3[nH]c(c(CC)c3CC)c(-c3ccc(-c4c5nc(cc6[nH]c(cc7nc(cc8[nH]c4c(CC)c8CC)C(CC)=C7CC)c(CC)c6CC)C(CC)=C5CC)cc3)c3nc(cc4[nH]c(cc1n2)c(CC)c4CC)C(CC)=C3CC. The number of allylic oxidation sites excluding steroid dienone is 8. The summed E-state index contributed by atoms with van der Waals surface area (Å²) in [6.45, 7) is 36.9. The number of nitrogens with one attached hydrogen (secondary N) is 4. The van der Waals surface area contributed by atoms with E-state index in [0.717, 1.165) is 215 Å². The summed E-state index contributed by atoms with van der Waals surface area (Å²) >= 11 is 0. The first kappa shape index (κ1) is 60.1. The minimum atomic E-state index is 0.862. The normalized spacial score (nSPS) is 13.7. The van der Waals surface area contributed by atoms with E-state index in [4.69, 9.17) is 19.9 Å². The first-order valence-corrected chi connectivity index (χ1v) is 33.5. The van der Waals surface area contributed by atoms with Crippen LogP contribution in [0.1, 0.15) is 252 Å². The van der Waals surface area contributed by atoms with Crippen molar-refractivity contribution in [1.29, 1.82) is 0 Å². The van der Waals surface area contributed by atoms with Crippen molar-refractivity contribution in [3.63, 3.8) is 0 Å². The van der Waals surface area contributed by atoms with E-state index in [1.54, 1.807) is 0 Å². The zero-order valence-corrected chi connectivity index (χ0v) is 54.9. The largest absolute Gasteiger partial charge is 0.355 e. The van der Waals surface area contributed by atoms with Crippen molar-refractivity contribution in [2.45, 2.75) is 214 Å². The van der Waals surface area contributed by atoms with Gasteiger partial charge in [0.1, 0.15) is 0 Å². The van der Waals surface area contributed by atoms with Crippen LogP contribution in [0.2, 0.25) is 0 Å². The molecule has 8 nitrogen and oxygen atoms in total. The maximum absolute atomic E-state index is 5.89. The monoisotopic (exact) mass is 1140 g/mol. The second-order valence-electron chi connectivity index (χ2n) is 23.7. The lowest BCUT2D eigenvalue weighted by molar-refractivity contribution is 1.07. The number of hydrogen-bond acceptors (Lipinski definition) is 4. The molecule has 8 heteroatoms. The van der Waals surface area contributed by atoms with Gasteiger partial charge >= 0.3 is 0 Å². The summed E-state index contributed by atoms with van der Waals surface area (Å²) < 4.78 is 0. The summed E-state index contributed by atoms with van der Waals surface area (Å²) in [5.74, 6) is 0. The molecule has 10 heterocycles. The van der Waals surface area contributed by atoms with Crippen molar-refractivity contribution in [2.75, 3.05) is 0 Å². The Morgan fingerprint density at radius 1 is 0.233 bits per heavy atom. The first-order chi connectivity index (χ1) is 41.9. The number of aromatic nitrogens is 8. The molecule has 6 aromatic heterocycles. The fraction of sp³-hybridized carbons (Fsp3) is 0.410. The minimum absolute atomic E-state index is 0.862. The molecule has 0 radical (unpaired) electrons. The van der Waals surface area contributed by atoms with Gasteiger partial charge in [0.15, 0.2) is 0 Å². The molecule has 7 aromatic rings. The molecule has 0 saturated carbocycles. The Morgan fingerprint density at radius 3 is 0.674 bits per heavy atom. The molecular formula is C78H94N8. The molecule has 0 fully saturated rings. The highest BCUT2D eigenvalue weighted by molar-refractivity contribution is 6.05. The second kappa shape index (κ2) is 25.0. The van der Waals surface area contributed by atoms with Crippen LogP contribution in [-0.4, -0.2) is 39.9 Å². The van der Waals surface area contributed by atoms with Crippen molar-refractivity contribution in [3.05, 3.63) is 151 Å². The maximum atomic E-state index is 5.89. The average molecular weight is 1140 g/mol. The molecule has 86 heavy (non-hydrogen) atoms. The highest BCUT2D eigenvalue weighted by Gasteiger charge is 2.29. The molecule has 0 aliphatic carbocycles. The highest BCUT2D eigenvalue weighted by atomic mass is 14.8. The standard InChI is InChI=1S/C78H94N8/c1-17-45-49(21-5)65-39-69-53(25-9)57(29-13)75(83-69)73(76-58(30-14)54(26-10)70(84-76)40-66-50(22-6)46(18-2)62(80-66)37-61(45)79-65)43-33-35-44(36-34-43)74-77-59(31-15)55(27-11)71(85-77)41-67-51(23-7)47(19-3)63(81-67)38-64-48(20-4)52(24-8)68(82-64)42-72-56(28-12)60(32-16)78(74)86-72/h33-42,79,81,84,86H,17-32H2,1-16H3. The summed E-state index contributed by atoms with van der Waals surface area (Å²) in [6.07, 6.45) is 14.4. The summed E-state index contributed by atoms with van der Waals surface area (Å²) in [4.78, 5) is 39.2. The van der Waals surface area contributed by atoms with Gasteiger partial charge in [-0.15, -0.1) is 0 Å². The zero-order valence-electron chi connectivity index (χ0n) is 54.9. The van der Waals surface area contributed by atoms with Crippen LogP contribution in [0.25, 0.3) is 111 Å². The Labute approximate surface area is 512 Å². The molecule has 11 rings (SSSR count). The van der Waals surface area contributed by atoms with E-state index in [1.807, 2.05) is 0 Å². The van der Waals surface area contributed by atoms with Crippen molar-refractivity contribution in [2.24, 2.45) is 0 Å². The zero-order chi connectivity index (χ0) is 60.8. The summed E-state index contributed by atoms with van der Waals surface area (Å²) in [7, 11) is 0. The van der Waals surface area contributed by atoms with Gasteiger partial charge in [-0.2, -0.15) is 0 Å². The smallest absolute Gasteiger partial charge is 0.0771 e. The van der Waals surface area contributed by atoms with Crippen LogP contribution < -0.4 is 0 Å². The van der Waals surface area contributed by atoms with Gasteiger partial charge in [0.25, 0.3) is 0 Å². The molecule has 4 aliphatic heterocycles. The summed E-state index contributed by atoms with van der Waals surface area (Å²) in [6, 6.07) is 23.7. The van der Waals surface area contributed by atoms with Gasteiger partial charge in [0, 0.05) is 44.2 Å². The highest BCUT2D eigenvalue weighted by Crippen LogP contribution is 2.47. The van der Waals surface area contributed by atoms with Crippen LogP contribution in [0.15, 0.2) is 60.7 Å². The number of fused-ring (bicyclic) bond motifs is 16. The Balaban J connectivity index is 1.29. The molecular weight excluding hydrogens is 1050 g/mol. The average Bonchev–Trinajstić information content (AvgIpc) is 2.02. The Morgan fingerprint density at radius 2 is 0.442 bits per heavy atom. The minimum Gasteiger partial charge on any atom is -0.355 e. The first-order valence-electron chi connectivity index (χ1n) is 33.5. The molecule has 0 unspecified atom stereocenters. The van der Waals surface area contributed by atoms with Crippen LogP contribution >= 0.6 is 0 Å². The van der Waals surface area contributed by atoms with Crippen molar-refractivity contribution >= 4 is 88.7 Å². The molecule has 0 atom stereocenters. The predicted molar refractivity (Wildman–Crippen MR) is 371 cm³/mol. The number of rotatable bonds is 18. The van der Waals surface area contributed by atoms with Crippen molar-refractivity contribution < 1.29 is 0 Å². The van der Waals surface area contributed by atoms with Crippen LogP contribution in [0.3, 0.4) is 0 Å². The molecule has 4 N–H and O–H groups in total. The Bertz CT molecular complexity index is 4060. The maximum Gasteiger partial charge on any atom is 0.0771 e. The van der Waals surface area contributed by atoms with E-state index in [-0.39, 0.29) is 0 Å². The number of aryl methyl sites for hydroxylation is 8. The quantitative estimate of drug-likeness (QED) is 0.0685. The number of nitrogens with zero attached hydrogens (tertiary/aromatic N) is 4. The Kier molecular flexibility index (Phi) is 17.5. The lowest BCUT2D eigenvalue weighted by Gasteiger charge is -2.13. The number of aromatic amines is 4. The number of H-pyrrole nitrogens is 4. The lowest BCUT2D eigenvalue weighted by atomic mass is 9.90. The van der Waals surface area contributed by atoms with Gasteiger partial charge in [-0.05, 0) is 239 Å². The second-order valence-corrected chi connectivity index (χ2v) is 23.7. The van der Waals surface area contributed by atoms with Crippen LogP contribution in [0.4, 0.5) is 0 Å². The van der Waals surface area contributed by atoms with E-state index in [2.05, 4.69) is 191 Å². The topological polar surface area (TPSA) is 115 Å². The van der Waals surface area contributed by atoms with Crippen LogP contribution in [0.5, 0.6) is 0 Å². The van der Waals surface area contributed by atoms with E-state index < -0.39 is 0 Å². The Hall–Kier alpha value is -7.58. The van der Waals surface area contributed by atoms with Gasteiger partial charge in [-0.3, -0.25) is 0 Å². The van der Waals surface area contributed by atoms with Gasteiger partial charge in [-0.1, -0.05) is 135 Å². The molecule has 0 amide bonds. The fourth-order valence-corrected chi connectivity index (χ4v) is 15.7. The van der Waals surface area contributed by atoms with Gasteiger partial charge in [0.05, 0.1) is 56.6 Å². The van der Waals surface area contributed by atoms with E-state index in [0.29, 0.717) is 0 Å². The summed E-state index contributed by atoms with van der Waals surface area (Å²) in [5.41, 5.74) is 43.8. The lowest BCUT2D eigenvalue weighted by Crippen LogP contribution is -1.95. The fourth-order valence-electron chi connectivity index (χ4n) is 15.7. The van der Waals surface area contributed by atoms with E-state index >= 15 is 0 Å². The van der Waals surface area contributed by atoms with E-state index in [1.165, 1.54) is 89.1 Å². The predicted octanol–water partition coefficient (Wildman–Crippen LogP) is 21.7. The van der Waals surface area contributed by atoms with Crippen LogP contribution in [-0.2, 0) is 51.4 Å². The number of benzene rings is 1. The third kappa shape index (κ3) is 9.82. The molecule has 0 saturated heterocycles.